The quantitative estimate of drug-likeness (QED) is 0.334. The molecule has 0 fully saturated rings. The number of aromatic nitrogens is 4. The predicted octanol–water partition coefficient (Wildman–Crippen LogP) is 5.28. The summed E-state index contributed by atoms with van der Waals surface area (Å²) in [5, 5.41) is 21.2. The highest BCUT2D eigenvalue weighted by Gasteiger charge is 2.40. The Hall–Kier alpha value is -4.25. The molecular weight excluding hydrogens is 509 g/mol. The molecule has 5 rings (SSSR count). The van der Waals surface area contributed by atoms with Crippen LogP contribution in [0.15, 0.2) is 54.9 Å². The van der Waals surface area contributed by atoms with Gasteiger partial charge in [0.25, 0.3) is 5.91 Å². The summed E-state index contributed by atoms with van der Waals surface area (Å²) in [6.07, 6.45) is -3.02. The summed E-state index contributed by atoms with van der Waals surface area (Å²) in [6, 6.07) is 12.6. The van der Waals surface area contributed by atoms with Crippen LogP contribution in [0.4, 0.5) is 24.8 Å². The Labute approximate surface area is 223 Å². The van der Waals surface area contributed by atoms with Crippen LogP contribution in [-0.4, -0.2) is 37.3 Å². The zero-order valence-corrected chi connectivity index (χ0v) is 21.6. The first-order valence-corrected chi connectivity index (χ1v) is 12.4. The number of hydrogen-bond acceptors (Lipinski definition) is 6. The molecule has 0 radical (unpaired) electrons. The van der Waals surface area contributed by atoms with Crippen molar-refractivity contribution in [2.75, 3.05) is 16.8 Å². The SMILES string of the molecule is CC(C)CNc1cc(-c2ccc(CO)cc2-c2nncn2C)cc(N2Cc3c(cccc3C(F)(F)F)C2=O)n1. The molecule has 0 saturated carbocycles. The van der Waals surface area contributed by atoms with E-state index in [1.807, 2.05) is 32.0 Å². The van der Waals surface area contributed by atoms with E-state index in [2.05, 4.69) is 20.5 Å². The van der Waals surface area contributed by atoms with Crippen LogP contribution in [-0.2, 0) is 26.4 Å². The number of halogens is 3. The fraction of sp³-hybridized carbons (Fsp3) is 0.286. The first-order valence-electron chi connectivity index (χ1n) is 12.4. The van der Waals surface area contributed by atoms with Crippen LogP contribution in [0.2, 0.25) is 0 Å². The van der Waals surface area contributed by atoms with Crippen molar-refractivity contribution in [3.63, 3.8) is 0 Å². The zero-order chi connectivity index (χ0) is 27.9. The second-order valence-corrected chi connectivity index (χ2v) is 9.90. The molecule has 3 heterocycles. The summed E-state index contributed by atoms with van der Waals surface area (Å²) in [6.45, 7) is 4.26. The lowest BCUT2D eigenvalue weighted by Gasteiger charge is -2.20. The summed E-state index contributed by atoms with van der Waals surface area (Å²) in [4.78, 5) is 19.2. The van der Waals surface area contributed by atoms with Gasteiger partial charge in [-0.25, -0.2) is 4.98 Å². The van der Waals surface area contributed by atoms with Gasteiger partial charge in [-0.1, -0.05) is 32.0 Å². The average molecular weight is 537 g/mol. The Morgan fingerprint density at radius 1 is 1.08 bits per heavy atom. The summed E-state index contributed by atoms with van der Waals surface area (Å²) in [7, 11) is 1.80. The molecule has 202 valence electrons. The van der Waals surface area contributed by atoms with E-state index in [1.54, 1.807) is 30.1 Å². The number of pyridine rings is 1. The number of aliphatic hydroxyl groups excluding tert-OH is 1. The molecule has 39 heavy (non-hydrogen) atoms. The Kier molecular flexibility index (Phi) is 6.85. The Morgan fingerprint density at radius 3 is 2.54 bits per heavy atom. The van der Waals surface area contributed by atoms with E-state index in [4.69, 9.17) is 0 Å². The van der Waals surface area contributed by atoms with Gasteiger partial charge in [-0.05, 0) is 58.5 Å². The number of anilines is 2. The number of carbonyl (C=O) groups is 1. The number of amides is 1. The minimum atomic E-state index is -4.58. The molecule has 2 aromatic heterocycles. The van der Waals surface area contributed by atoms with Gasteiger partial charge in [0.1, 0.15) is 18.0 Å². The minimum Gasteiger partial charge on any atom is -0.392 e. The maximum absolute atomic E-state index is 13.7. The Balaban J connectivity index is 1.65. The lowest BCUT2D eigenvalue weighted by molar-refractivity contribution is -0.138. The van der Waals surface area contributed by atoms with Gasteiger partial charge in [-0.15, -0.1) is 10.2 Å². The van der Waals surface area contributed by atoms with Crippen molar-refractivity contribution < 1.29 is 23.1 Å². The fourth-order valence-corrected chi connectivity index (χ4v) is 4.65. The third-order valence-electron chi connectivity index (χ3n) is 6.58. The fourth-order valence-electron chi connectivity index (χ4n) is 4.65. The van der Waals surface area contributed by atoms with E-state index in [0.29, 0.717) is 40.8 Å². The van der Waals surface area contributed by atoms with Crippen LogP contribution < -0.4 is 10.2 Å². The number of aryl methyl sites for hydroxylation is 1. The van der Waals surface area contributed by atoms with Gasteiger partial charge >= 0.3 is 6.18 Å². The van der Waals surface area contributed by atoms with Gasteiger partial charge in [-0.3, -0.25) is 9.69 Å². The van der Waals surface area contributed by atoms with E-state index in [0.717, 1.165) is 11.6 Å². The molecular formula is C28H27F3N6O2. The summed E-state index contributed by atoms with van der Waals surface area (Å²) in [5.74, 6) is 1.02. The van der Waals surface area contributed by atoms with Crippen molar-refractivity contribution >= 4 is 17.5 Å². The second-order valence-electron chi connectivity index (χ2n) is 9.90. The Morgan fingerprint density at radius 2 is 1.87 bits per heavy atom. The third kappa shape index (κ3) is 5.09. The number of fused-ring (bicyclic) bond motifs is 1. The van der Waals surface area contributed by atoms with Crippen molar-refractivity contribution in [2.45, 2.75) is 33.2 Å². The van der Waals surface area contributed by atoms with Crippen LogP contribution in [0, 0.1) is 5.92 Å². The van der Waals surface area contributed by atoms with Crippen LogP contribution in [0.5, 0.6) is 0 Å². The number of nitrogens with one attached hydrogen (secondary N) is 1. The highest BCUT2D eigenvalue weighted by atomic mass is 19.4. The van der Waals surface area contributed by atoms with E-state index in [-0.39, 0.29) is 30.1 Å². The smallest absolute Gasteiger partial charge is 0.392 e. The summed E-state index contributed by atoms with van der Waals surface area (Å²) in [5.41, 5.74) is 1.91. The molecule has 0 saturated heterocycles. The van der Waals surface area contributed by atoms with Crippen molar-refractivity contribution in [3.8, 4) is 22.5 Å². The number of rotatable bonds is 7. The summed E-state index contributed by atoms with van der Waals surface area (Å²) >= 11 is 0. The minimum absolute atomic E-state index is 0.0146. The van der Waals surface area contributed by atoms with E-state index < -0.39 is 17.6 Å². The molecule has 11 heteroatoms. The molecule has 0 unspecified atom stereocenters. The molecule has 0 atom stereocenters. The maximum atomic E-state index is 13.7. The molecule has 2 aromatic carbocycles. The number of nitrogens with zero attached hydrogens (tertiary/aromatic N) is 5. The number of carbonyl (C=O) groups excluding carboxylic acids is 1. The van der Waals surface area contributed by atoms with Crippen LogP contribution in [0.1, 0.15) is 40.9 Å². The standard InChI is InChI=1S/C28H27F3N6O2/c1-16(2)12-32-24-10-18(19-8-7-17(14-38)9-21(19)26-35-33-15-36(26)3)11-25(34-24)37-13-22-20(27(37)39)5-4-6-23(22)28(29,30)31/h4-11,15-16,38H,12-14H2,1-3H3,(H,32,34). The lowest BCUT2D eigenvalue weighted by atomic mass is 9.97. The maximum Gasteiger partial charge on any atom is 0.416 e. The number of hydrogen-bond donors (Lipinski definition) is 2. The lowest BCUT2D eigenvalue weighted by Crippen LogP contribution is -2.24. The molecule has 0 bridgehead atoms. The summed E-state index contributed by atoms with van der Waals surface area (Å²) < 4.78 is 42.9. The zero-order valence-electron chi connectivity index (χ0n) is 21.6. The topological polar surface area (TPSA) is 96.2 Å². The number of aliphatic hydroxyl groups is 1. The molecule has 8 nitrogen and oxygen atoms in total. The molecule has 1 amide bonds. The first kappa shape index (κ1) is 26.4. The monoisotopic (exact) mass is 536 g/mol. The highest BCUT2D eigenvalue weighted by Crippen LogP contribution is 2.40. The average Bonchev–Trinajstić information content (AvgIpc) is 3.49. The van der Waals surface area contributed by atoms with E-state index >= 15 is 0 Å². The molecule has 0 aliphatic carbocycles. The van der Waals surface area contributed by atoms with Gasteiger partial charge in [0.2, 0.25) is 0 Å². The highest BCUT2D eigenvalue weighted by molar-refractivity contribution is 6.10. The van der Waals surface area contributed by atoms with Gasteiger partial charge in [0, 0.05) is 24.7 Å². The molecule has 0 spiro atoms. The molecule has 1 aliphatic heterocycles. The second kappa shape index (κ2) is 10.1. The predicted molar refractivity (Wildman–Crippen MR) is 141 cm³/mol. The van der Waals surface area contributed by atoms with Gasteiger partial charge < -0.3 is 15.0 Å². The molecule has 2 N–H and O–H groups in total. The van der Waals surface area contributed by atoms with Gasteiger partial charge in [0.05, 0.1) is 18.7 Å². The van der Waals surface area contributed by atoms with Crippen molar-refractivity contribution in [1.82, 2.24) is 19.7 Å². The Bertz CT molecular complexity index is 1550. The van der Waals surface area contributed by atoms with Crippen molar-refractivity contribution in [2.24, 2.45) is 13.0 Å². The largest absolute Gasteiger partial charge is 0.416 e. The normalized spacial score (nSPS) is 13.3. The van der Waals surface area contributed by atoms with E-state index in [9.17, 15) is 23.1 Å². The van der Waals surface area contributed by atoms with Gasteiger partial charge in [0.15, 0.2) is 5.82 Å². The van der Waals surface area contributed by atoms with Crippen LogP contribution >= 0.6 is 0 Å². The van der Waals surface area contributed by atoms with Gasteiger partial charge in [-0.2, -0.15) is 13.2 Å². The molecule has 1 aliphatic rings. The van der Waals surface area contributed by atoms with Crippen molar-refractivity contribution in [1.29, 1.82) is 0 Å². The van der Waals surface area contributed by atoms with Crippen LogP contribution in [0.25, 0.3) is 22.5 Å². The third-order valence-corrected chi connectivity index (χ3v) is 6.58. The molecule has 4 aromatic rings. The van der Waals surface area contributed by atoms with E-state index in [1.165, 1.54) is 17.0 Å². The number of alkyl halides is 3. The number of benzene rings is 2. The first-order chi connectivity index (χ1) is 18.6. The van der Waals surface area contributed by atoms with Crippen LogP contribution in [0.3, 0.4) is 0 Å². The van der Waals surface area contributed by atoms with Crippen molar-refractivity contribution in [3.05, 3.63) is 77.1 Å².